The summed E-state index contributed by atoms with van der Waals surface area (Å²) in [5, 5.41) is 2.87. The van der Waals surface area contributed by atoms with E-state index in [0.29, 0.717) is 0 Å². The van der Waals surface area contributed by atoms with Gasteiger partial charge in [0.1, 0.15) is 5.82 Å². The lowest BCUT2D eigenvalue weighted by molar-refractivity contribution is -0.118. The molecule has 4 nitrogen and oxygen atoms in total. The highest BCUT2D eigenvalue weighted by molar-refractivity contribution is 5.92. The van der Waals surface area contributed by atoms with Crippen molar-refractivity contribution < 1.29 is 4.79 Å². The quantitative estimate of drug-likeness (QED) is 0.741. The van der Waals surface area contributed by atoms with Gasteiger partial charge in [0.15, 0.2) is 0 Å². The zero-order chi connectivity index (χ0) is 11.3. The van der Waals surface area contributed by atoms with Gasteiger partial charge in [-0.2, -0.15) is 0 Å². The molecule has 0 saturated carbocycles. The molecule has 1 heterocycles. The Labute approximate surface area is 89.8 Å². The molecule has 0 aliphatic rings. The number of hydrogen-bond acceptors (Lipinski definition) is 2. The molecule has 1 rings (SSSR count). The van der Waals surface area contributed by atoms with Crippen LogP contribution in [0.2, 0.25) is 0 Å². The highest BCUT2D eigenvalue weighted by Gasteiger charge is 2.11. The van der Waals surface area contributed by atoms with Gasteiger partial charge in [-0.05, 0) is 20.3 Å². The van der Waals surface area contributed by atoms with E-state index in [1.165, 1.54) is 0 Å². The first-order valence-corrected chi connectivity index (χ1v) is 5.12. The largest absolute Gasteiger partial charge is 0.347 e. The van der Waals surface area contributed by atoms with E-state index in [4.69, 9.17) is 0 Å². The van der Waals surface area contributed by atoms with Gasteiger partial charge in [-0.25, -0.2) is 4.98 Å². The second-order valence-electron chi connectivity index (χ2n) is 3.46. The van der Waals surface area contributed by atoms with Crippen LogP contribution in [0.4, 0.5) is 0 Å². The van der Waals surface area contributed by atoms with Crippen molar-refractivity contribution in [1.82, 2.24) is 15.3 Å². The number of amides is 1. The van der Waals surface area contributed by atoms with Crippen LogP contribution in [0.5, 0.6) is 0 Å². The Hall–Kier alpha value is -1.58. The zero-order valence-corrected chi connectivity index (χ0v) is 9.37. The van der Waals surface area contributed by atoms with Crippen molar-refractivity contribution in [2.75, 3.05) is 0 Å². The van der Waals surface area contributed by atoms with Crippen LogP contribution in [0.25, 0.3) is 0 Å². The summed E-state index contributed by atoms with van der Waals surface area (Å²) in [6.45, 7) is 5.72. The molecule has 1 aromatic rings. The highest BCUT2D eigenvalue weighted by atomic mass is 16.1. The molecule has 0 spiro atoms. The van der Waals surface area contributed by atoms with E-state index in [1.54, 1.807) is 12.4 Å². The highest BCUT2D eigenvalue weighted by Crippen LogP contribution is 2.06. The fraction of sp³-hybridized carbons (Fsp3) is 0.455. The fourth-order valence-corrected chi connectivity index (χ4v) is 1.29. The summed E-state index contributed by atoms with van der Waals surface area (Å²) in [6.07, 6.45) is 6.19. The van der Waals surface area contributed by atoms with E-state index in [1.807, 2.05) is 26.8 Å². The molecule has 2 N–H and O–H groups in total. The average Bonchev–Trinajstić information content (AvgIpc) is 2.70. The topological polar surface area (TPSA) is 57.8 Å². The smallest absolute Gasteiger partial charge is 0.247 e. The number of hydrogen-bond donors (Lipinski definition) is 2. The molecule has 0 saturated heterocycles. The van der Waals surface area contributed by atoms with Crippen molar-refractivity contribution in [3.63, 3.8) is 0 Å². The van der Waals surface area contributed by atoms with Crippen LogP contribution < -0.4 is 5.32 Å². The summed E-state index contributed by atoms with van der Waals surface area (Å²) in [5.41, 5.74) is 0.746. The molecule has 1 amide bonds. The van der Waals surface area contributed by atoms with Crippen molar-refractivity contribution in [3.05, 3.63) is 29.9 Å². The van der Waals surface area contributed by atoms with Gasteiger partial charge in [0.2, 0.25) is 5.91 Å². The molecular weight excluding hydrogens is 190 g/mol. The molecule has 1 unspecified atom stereocenters. The van der Waals surface area contributed by atoms with Crippen molar-refractivity contribution in [3.8, 4) is 0 Å². The van der Waals surface area contributed by atoms with Gasteiger partial charge in [0.05, 0.1) is 6.04 Å². The average molecular weight is 207 g/mol. The predicted octanol–water partition coefficient (Wildman–Crippen LogP) is 1.94. The van der Waals surface area contributed by atoms with Crippen molar-refractivity contribution >= 4 is 5.91 Å². The summed E-state index contributed by atoms with van der Waals surface area (Å²) in [4.78, 5) is 18.7. The van der Waals surface area contributed by atoms with Gasteiger partial charge in [-0.3, -0.25) is 4.79 Å². The van der Waals surface area contributed by atoms with Crippen LogP contribution in [0.15, 0.2) is 24.0 Å². The fourth-order valence-electron chi connectivity index (χ4n) is 1.29. The van der Waals surface area contributed by atoms with E-state index in [0.717, 1.165) is 17.8 Å². The van der Waals surface area contributed by atoms with E-state index in [2.05, 4.69) is 15.3 Å². The number of imidazole rings is 1. The maximum Gasteiger partial charge on any atom is 0.247 e. The molecule has 1 atom stereocenters. The molecular formula is C11H17N3O. The van der Waals surface area contributed by atoms with Crippen LogP contribution in [0.1, 0.15) is 39.1 Å². The van der Waals surface area contributed by atoms with Gasteiger partial charge in [-0.1, -0.05) is 13.0 Å². The van der Waals surface area contributed by atoms with Crippen molar-refractivity contribution in [2.45, 2.75) is 33.2 Å². The number of aromatic amines is 1. The summed E-state index contributed by atoms with van der Waals surface area (Å²) >= 11 is 0. The lowest BCUT2D eigenvalue weighted by atomic mass is 10.2. The first kappa shape index (κ1) is 11.5. The molecule has 82 valence electrons. The molecule has 0 aromatic carbocycles. The monoisotopic (exact) mass is 207 g/mol. The number of nitrogens with one attached hydrogen (secondary N) is 2. The minimum atomic E-state index is -0.0901. The Morgan fingerprint density at radius 1 is 1.73 bits per heavy atom. The Balaban J connectivity index is 2.56. The number of rotatable bonds is 4. The molecule has 0 bridgehead atoms. The first-order chi connectivity index (χ1) is 7.15. The van der Waals surface area contributed by atoms with Crippen LogP contribution >= 0.6 is 0 Å². The number of H-pyrrole nitrogens is 1. The van der Waals surface area contributed by atoms with E-state index < -0.39 is 0 Å². The van der Waals surface area contributed by atoms with Crippen molar-refractivity contribution in [2.24, 2.45) is 0 Å². The third-order valence-corrected chi connectivity index (χ3v) is 2.15. The third kappa shape index (κ3) is 3.23. The van der Waals surface area contributed by atoms with Crippen molar-refractivity contribution in [1.29, 1.82) is 0 Å². The number of carbonyl (C=O) groups excluding carboxylic acids is 1. The van der Waals surface area contributed by atoms with E-state index >= 15 is 0 Å². The maximum absolute atomic E-state index is 11.6. The molecule has 0 aliphatic heterocycles. The summed E-state index contributed by atoms with van der Waals surface area (Å²) in [6, 6.07) is -0.0901. The molecule has 15 heavy (non-hydrogen) atoms. The van der Waals surface area contributed by atoms with Crippen LogP contribution in [0.3, 0.4) is 0 Å². The molecule has 0 fully saturated rings. The van der Waals surface area contributed by atoms with Gasteiger partial charge >= 0.3 is 0 Å². The van der Waals surface area contributed by atoms with Gasteiger partial charge in [0.25, 0.3) is 0 Å². The Bertz CT molecular complexity index is 341. The maximum atomic E-state index is 11.6. The van der Waals surface area contributed by atoms with Crippen LogP contribution in [0, 0.1) is 0 Å². The lowest BCUT2D eigenvalue weighted by Crippen LogP contribution is -2.27. The Morgan fingerprint density at radius 2 is 2.47 bits per heavy atom. The SMILES string of the molecule is CC/C=C(/C)C(=O)NC(C)c1ncc[nH]1. The number of carbonyl (C=O) groups is 1. The molecule has 0 radical (unpaired) electrons. The molecule has 1 aromatic heterocycles. The van der Waals surface area contributed by atoms with Gasteiger partial charge in [-0.15, -0.1) is 0 Å². The second-order valence-corrected chi connectivity index (χ2v) is 3.46. The summed E-state index contributed by atoms with van der Waals surface area (Å²) in [5.74, 6) is 0.730. The second kappa shape index (κ2) is 5.34. The normalized spacial score (nSPS) is 13.7. The van der Waals surface area contributed by atoms with Crippen LogP contribution in [-0.2, 0) is 4.79 Å². The number of aromatic nitrogens is 2. The number of allylic oxidation sites excluding steroid dienone is 1. The molecule has 0 aliphatic carbocycles. The minimum Gasteiger partial charge on any atom is -0.347 e. The Morgan fingerprint density at radius 3 is 3.00 bits per heavy atom. The van der Waals surface area contributed by atoms with E-state index in [-0.39, 0.29) is 11.9 Å². The first-order valence-electron chi connectivity index (χ1n) is 5.12. The van der Waals surface area contributed by atoms with Crippen LogP contribution in [-0.4, -0.2) is 15.9 Å². The van der Waals surface area contributed by atoms with E-state index in [9.17, 15) is 4.79 Å². The van der Waals surface area contributed by atoms with Gasteiger partial charge < -0.3 is 10.3 Å². The summed E-state index contributed by atoms with van der Waals surface area (Å²) in [7, 11) is 0. The molecule has 4 heteroatoms. The number of nitrogens with zero attached hydrogens (tertiary/aromatic N) is 1. The predicted molar refractivity (Wildman–Crippen MR) is 59.2 cm³/mol. The minimum absolute atomic E-state index is 0.0410. The van der Waals surface area contributed by atoms with Gasteiger partial charge in [0, 0.05) is 18.0 Å². The lowest BCUT2D eigenvalue weighted by Gasteiger charge is -2.11. The zero-order valence-electron chi connectivity index (χ0n) is 9.37. The summed E-state index contributed by atoms with van der Waals surface area (Å²) < 4.78 is 0. The Kier molecular flexibility index (Phi) is 4.09. The third-order valence-electron chi connectivity index (χ3n) is 2.15. The standard InChI is InChI=1S/C11H17N3O/c1-4-5-8(2)11(15)14-9(3)10-12-6-7-13-10/h5-7,9H,4H2,1-3H3,(H,12,13)(H,14,15)/b8-5-.